The first-order valence-electron chi connectivity index (χ1n) is 11.9. The molecule has 3 aliphatic rings. The zero-order valence-electron chi connectivity index (χ0n) is 19.6. The van der Waals surface area contributed by atoms with E-state index in [0.29, 0.717) is 30.6 Å². The molecule has 188 valence electrons. The first-order chi connectivity index (χ1) is 18.0. The van der Waals surface area contributed by atoms with E-state index in [4.69, 9.17) is 13.9 Å². The Kier molecular flexibility index (Phi) is 5.68. The molecule has 0 spiro atoms. The van der Waals surface area contributed by atoms with E-state index in [9.17, 15) is 19.2 Å². The number of anilines is 1. The van der Waals surface area contributed by atoms with Crippen LogP contribution in [-0.2, 0) is 20.9 Å². The number of piperidine rings is 1. The summed E-state index contributed by atoms with van der Waals surface area (Å²) < 4.78 is 16.7. The minimum atomic E-state index is -1.02. The van der Waals surface area contributed by atoms with Crippen molar-refractivity contribution < 1.29 is 33.1 Å². The third-order valence-electron chi connectivity index (χ3n) is 6.49. The second kappa shape index (κ2) is 9.17. The highest BCUT2D eigenvalue weighted by atomic mass is 16.6. The van der Waals surface area contributed by atoms with Crippen LogP contribution in [0.2, 0.25) is 0 Å². The van der Waals surface area contributed by atoms with Crippen LogP contribution in [0.5, 0.6) is 5.75 Å². The molecule has 4 amide bonds. The van der Waals surface area contributed by atoms with Crippen molar-refractivity contribution in [2.24, 2.45) is 0 Å². The maximum Gasteiger partial charge on any atom is 0.264 e. The number of carbonyl (C=O) groups is 4. The van der Waals surface area contributed by atoms with Crippen LogP contribution in [0.25, 0.3) is 11.5 Å². The summed E-state index contributed by atoms with van der Waals surface area (Å²) in [6, 6.07) is 11.3. The van der Waals surface area contributed by atoms with Crippen molar-refractivity contribution in [1.29, 1.82) is 0 Å². The van der Waals surface area contributed by atoms with Gasteiger partial charge in [0.25, 0.3) is 11.8 Å². The maximum absolute atomic E-state index is 13.2. The number of oxazole rings is 1. The fraction of sp³-hybridized carbons (Fsp3) is 0.269. The number of aromatic nitrogens is 1. The van der Waals surface area contributed by atoms with Crippen LogP contribution < -0.4 is 15.4 Å². The molecule has 2 fully saturated rings. The molecule has 11 nitrogen and oxygen atoms in total. The highest BCUT2D eigenvalue weighted by Gasteiger charge is 2.45. The summed E-state index contributed by atoms with van der Waals surface area (Å²) in [5.41, 5.74) is 1.60. The Hall–Kier alpha value is -4.51. The topological polar surface area (TPSA) is 140 Å². The number of imide groups is 2. The van der Waals surface area contributed by atoms with Gasteiger partial charge >= 0.3 is 0 Å². The van der Waals surface area contributed by atoms with Gasteiger partial charge in [0.2, 0.25) is 17.7 Å². The van der Waals surface area contributed by atoms with Crippen molar-refractivity contribution in [2.45, 2.75) is 31.5 Å². The molecule has 0 aliphatic carbocycles. The number of nitrogens with one attached hydrogen (secondary N) is 2. The van der Waals surface area contributed by atoms with Crippen LogP contribution in [0.4, 0.5) is 5.69 Å². The number of rotatable bonds is 7. The molecule has 3 aromatic rings. The lowest BCUT2D eigenvalue weighted by Gasteiger charge is -2.27. The fourth-order valence-corrected chi connectivity index (χ4v) is 4.52. The lowest BCUT2D eigenvalue weighted by atomic mass is 10.0. The van der Waals surface area contributed by atoms with E-state index >= 15 is 0 Å². The summed E-state index contributed by atoms with van der Waals surface area (Å²) in [4.78, 5) is 55.3. The van der Waals surface area contributed by atoms with Crippen LogP contribution >= 0.6 is 0 Å². The highest BCUT2D eigenvalue weighted by molar-refractivity contribution is 6.25. The third-order valence-corrected chi connectivity index (χ3v) is 6.49. The molecule has 2 aromatic carbocycles. The van der Waals surface area contributed by atoms with Crippen LogP contribution in [0.1, 0.15) is 39.3 Å². The van der Waals surface area contributed by atoms with Crippen molar-refractivity contribution in [3.8, 4) is 17.2 Å². The predicted molar refractivity (Wildman–Crippen MR) is 128 cm³/mol. The van der Waals surface area contributed by atoms with Crippen molar-refractivity contribution in [1.82, 2.24) is 15.2 Å². The van der Waals surface area contributed by atoms with Gasteiger partial charge in [-0.25, -0.2) is 4.98 Å². The number of carbonyl (C=O) groups excluding carboxylic acids is 4. The first-order valence-corrected chi connectivity index (χ1v) is 11.9. The molecule has 0 saturated carbocycles. The highest BCUT2D eigenvalue weighted by Crippen LogP contribution is 2.33. The van der Waals surface area contributed by atoms with Gasteiger partial charge in [0.1, 0.15) is 23.7 Å². The zero-order chi connectivity index (χ0) is 25.5. The summed E-state index contributed by atoms with van der Waals surface area (Å²) in [5, 5.41) is 5.34. The number of ether oxygens (including phenoxy) is 2. The second-order valence-corrected chi connectivity index (χ2v) is 8.96. The number of hydrogen-bond donors (Lipinski definition) is 2. The molecule has 3 aliphatic heterocycles. The molecule has 1 aromatic heterocycles. The van der Waals surface area contributed by atoms with Gasteiger partial charge in [-0.05, 0) is 42.8 Å². The van der Waals surface area contributed by atoms with E-state index in [1.807, 2.05) is 24.3 Å². The van der Waals surface area contributed by atoms with Crippen molar-refractivity contribution in [3.05, 3.63) is 65.5 Å². The fourth-order valence-electron chi connectivity index (χ4n) is 4.52. The quantitative estimate of drug-likeness (QED) is 0.465. The monoisotopic (exact) mass is 502 g/mol. The summed E-state index contributed by atoms with van der Waals surface area (Å²) in [6.07, 6.45) is 1.84. The summed E-state index contributed by atoms with van der Waals surface area (Å²) in [5.74, 6) is -0.494. The maximum atomic E-state index is 13.2. The number of hydrogen-bond acceptors (Lipinski definition) is 9. The number of nitrogens with zero attached hydrogens (tertiary/aromatic N) is 2. The van der Waals surface area contributed by atoms with Crippen LogP contribution in [0, 0.1) is 0 Å². The van der Waals surface area contributed by atoms with E-state index in [1.165, 1.54) is 0 Å². The molecule has 1 unspecified atom stereocenters. The molecule has 11 heteroatoms. The molecular formula is C26H22N4O7. The summed E-state index contributed by atoms with van der Waals surface area (Å²) in [7, 11) is 0. The van der Waals surface area contributed by atoms with Crippen molar-refractivity contribution in [3.63, 3.8) is 0 Å². The van der Waals surface area contributed by atoms with Gasteiger partial charge in [-0.3, -0.25) is 29.4 Å². The minimum absolute atomic E-state index is 0.0635. The van der Waals surface area contributed by atoms with E-state index in [0.717, 1.165) is 16.2 Å². The third kappa shape index (κ3) is 4.23. The molecule has 1 atom stereocenters. The molecule has 0 radical (unpaired) electrons. The van der Waals surface area contributed by atoms with Crippen molar-refractivity contribution in [2.75, 3.05) is 18.5 Å². The van der Waals surface area contributed by atoms with E-state index in [-0.39, 0.29) is 36.6 Å². The van der Waals surface area contributed by atoms with Gasteiger partial charge in [0.05, 0.1) is 37.1 Å². The van der Waals surface area contributed by atoms with Gasteiger partial charge in [0, 0.05) is 17.7 Å². The molecular weight excluding hydrogens is 480 g/mol. The van der Waals surface area contributed by atoms with Gasteiger partial charge in [-0.2, -0.15) is 0 Å². The SMILES string of the molecule is O=C1CCC(N2C(=O)c3cccc(NCc4cnc(-c5ccc(OC6COC6)cc5)o4)c3C2=O)C(=O)N1. The average Bonchev–Trinajstić information content (AvgIpc) is 3.44. The summed E-state index contributed by atoms with van der Waals surface area (Å²) >= 11 is 0. The molecule has 37 heavy (non-hydrogen) atoms. The average molecular weight is 502 g/mol. The largest absolute Gasteiger partial charge is 0.486 e. The molecule has 2 N–H and O–H groups in total. The Morgan fingerprint density at radius 3 is 2.59 bits per heavy atom. The predicted octanol–water partition coefficient (Wildman–Crippen LogP) is 2.13. The van der Waals surface area contributed by atoms with Gasteiger partial charge in [0.15, 0.2) is 0 Å². The normalized spacial score (nSPS) is 19.5. The molecule has 6 rings (SSSR count). The zero-order valence-corrected chi connectivity index (χ0v) is 19.6. The molecule has 2 saturated heterocycles. The van der Waals surface area contributed by atoms with E-state index in [1.54, 1.807) is 24.4 Å². The van der Waals surface area contributed by atoms with Crippen LogP contribution in [-0.4, -0.2) is 58.9 Å². The van der Waals surface area contributed by atoms with E-state index in [2.05, 4.69) is 15.6 Å². The number of fused-ring (bicyclic) bond motifs is 1. The standard InChI is InChI=1S/C26H22N4O7/c31-21-9-8-20(23(32)29-21)30-25(33)18-2-1-3-19(22(18)26(30)34)27-10-16-11-28-24(37-16)14-4-6-15(7-5-14)36-17-12-35-13-17/h1-7,11,17,20,27H,8-10,12-13H2,(H,29,31,32). The number of amides is 4. The van der Waals surface area contributed by atoms with Gasteiger partial charge in [-0.1, -0.05) is 6.07 Å². The van der Waals surface area contributed by atoms with Crippen LogP contribution in [0.3, 0.4) is 0 Å². The molecule has 4 heterocycles. The Balaban J connectivity index is 1.15. The smallest absolute Gasteiger partial charge is 0.264 e. The van der Waals surface area contributed by atoms with Crippen LogP contribution in [0.15, 0.2) is 53.1 Å². The minimum Gasteiger partial charge on any atom is -0.486 e. The Morgan fingerprint density at radius 2 is 1.86 bits per heavy atom. The Labute approximate surface area is 210 Å². The second-order valence-electron chi connectivity index (χ2n) is 8.96. The Morgan fingerprint density at radius 1 is 1.05 bits per heavy atom. The molecule has 0 bridgehead atoms. The van der Waals surface area contributed by atoms with Crippen molar-refractivity contribution >= 4 is 29.3 Å². The summed E-state index contributed by atoms with van der Waals surface area (Å²) in [6.45, 7) is 1.40. The van der Waals surface area contributed by atoms with Gasteiger partial charge < -0.3 is 19.2 Å². The first kappa shape index (κ1) is 22.9. The van der Waals surface area contributed by atoms with E-state index < -0.39 is 29.7 Å². The lowest BCUT2D eigenvalue weighted by molar-refractivity contribution is -0.136. The van der Waals surface area contributed by atoms with Gasteiger partial charge in [-0.15, -0.1) is 0 Å². The number of benzene rings is 2. The lowest BCUT2D eigenvalue weighted by Crippen LogP contribution is -2.54. The Bertz CT molecular complexity index is 1410.